The minimum absolute atomic E-state index is 0.0543. The van der Waals surface area contributed by atoms with Gasteiger partial charge in [-0.2, -0.15) is 5.26 Å². The highest BCUT2D eigenvalue weighted by molar-refractivity contribution is 9.10. The fourth-order valence-corrected chi connectivity index (χ4v) is 3.90. The lowest BCUT2D eigenvalue weighted by Crippen LogP contribution is -2.14. The maximum absolute atomic E-state index is 12.8. The van der Waals surface area contributed by atoms with Gasteiger partial charge in [0, 0.05) is 15.7 Å². The molecule has 3 rings (SSSR count). The Labute approximate surface area is 213 Å². The summed E-state index contributed by atoms with van der Waals surface area (Å²) in [5, 5.41) is 12.7. The number of aryl methyl sites for hydroxylation is 1. The predicted molar refractivity (Wildman–Crippen MR) is 139 cm³/mol. The number of ether oxygens (including phenoxy) is 2. The van der Waals surface area contributed by atoms with Gasteiger partial charge in [-0.15, -0.1) is 0 Å². The van der Waals surface area contributed by atoms with Crippen molar-refractivity contribution in [2.75, 3.05) is 11.9 Å². The van der Waals surface area contributed by atoms with E-state index in [-0.39, 0.29) is 12.2 Å². The van der Waals surface area contributed by atoms with E-state index in [1.807, 2.05) is 63.2 Å². The monoisotopic (exact) mass is 538 g/mol. The van der Waals surface area contributed by atoms with E-state index in [0.717, 1.165) is 21.2 Å². The van der Waals surface area contributed by atoms with E-state index in [1.165, 1.54) is 6.08 Å². The fourth-order valence-electron chi connectivity index (χ4n) is 3.23. The Kier molecular flexibility index (Phi) is 8.75. The van der Waals surface area contributed by atoms with Crippen LogP contribution in [0.2, 0.25) is 5.02 Å². The van der Waals surface area contributed by atoms with Crippen LogP contribution in [0, 0.1) is 25.2 Å². The Hall–Kier alpha value is -3.27. The molecule has 1 N–H and O–H groups in total. The van der Waals surface area contributed by atoms with Crippen LogP contribution in [0.15, 0.2) is 64.6 Å². The Morgan fingerprint density at radius 2 is 1.91 bits per heavy atom. The second-order valence-electron chi connectivity index (χ2n) is 7.51. The van der Waals surface area contributed by atoms with Crippen LogP contribution in [0.1, 0.15) is 29.2 Å². The van der Waals surface area contributed by atoms with Crippen molar-refractivity contribution in [1.82, 2.24) is 0 Å². The normalized spacial score (nSPS) is 11.0. The van der Waals surface area contributed by atoms with Gasteiger partial charge >= 0.3 is 0 Å². The number of amides is 1. The second-order valence-corrected chi connectivity index (χ2v) is 8.78. The fraction of sp³-hybridized carbons (Fsp3) is 0.185. The van der Waals surface area contributed by atoms with Crippen LogP contribution in [-0.4, -0.2) is 12.5 Å². The zero-order chi connectivity index (χ0) is 24.7. The third-order valence-corrected chi connectivity index (χ3v) is 6.24. The van der Waals surface area contributed by atoms with E-state index in [4.69, 9.17) is 21.1 Å². The summed E-state index contributed by atoms with van der Waals surface area (Å²) in [7, 11) is 0. The topological polar surface area (TPSA) is 71.3 Å². The second kappa shape index (κ2) is 11.7. The first-order valence-electron chi connectivity index (χ1n) is 10.7. The molecule has 0 radical (unpaired) electrons. The first-order chi connectivity index (χ1) is 16.3. The Balaban J connectivity index is 1.87. The number of anilines is 1. The van der Waals surface area contributed by atoms with Gasteiger partial charge in [-0.25, -0.2) is 0 Å². The zero-order valence-electron chi connectivity index (χ0n) is 19.1. The van der Waals surface area contributed by atoms with Crippen LogP contribution in [0.25, 0.3) is 6.08 Å². The molecule has 0 fully saturated rings. The average Bonchev–Trinajstić information content (AvgIpc) is 2.81. The average molecular weight is 540 g/mol. The van der Waals surface area contributed by atoms with Crippen LogP contribution >= 0.6 is 27.5 Å². The van der Waals surface area contributed by atoms with E-state index in [9.17, 15) is 10.1 Å². The molecule has 1 amide bonds. The molecule has 0 aliphatic heterocycles. The highest BCUT2D eigenvalue weighted by Crippen LogP contribution is 2.38. The number of benzene rings is 3. The van der Waals surface area contributed by atoms with Crippen molar-refractivity contribution in [3.8, 4) is 17.6 Å². The molecule has 0 aliphatic rings. The van der Waals surface area contributed by atoms with Crippen molar-refractivity contribution in [2.24, 2.45) is 0 Å². The van der Waals surface area contributed by atoms with Gasteiger partial charge in [-0.1, -0.05) is 57.9 Å². The summed E-state index contributed by atoms with van der Waals surface area (Å²) >= 11 is 10.0. The quantitative estimate of drug-likeness (QED) is 0.242. The van der Waals surface area contributed by atoms with Crippen molar-refractivity contribution in [3.63, 3.8) is 0 Å². The van der Waals surface area contributed by atoms with Gasteiger partial charge < -0.3 is 14.8 Å². The molecule has 0 saturated heterocycles. The first-order valence-corrected chi connectivity index (χ1v) is 11.8. The summed E-state index contributed by atoms with van der Waals surface area (Å²) in [5.74, 6) is 0.329. The molecule has 0 atom stereocenters. The number of rotatable bonds is 8. The van der Waals surface area contributed by atoms with Crippen LogP contribution in [0.5, 0.6) is 11.5 Å². The number of nitrogens with one attached hydrogen (secondary N) is 1. The van der Waals surface area contributed by atoms with Crippen LogP contribution in [0.3, 0.4) is 0 Å². The molecule has 7 heteroatoms. The number of halogens is 2. The van der Waals surface area contributed by atoms with Gasteiger partial charge in [-0.05, 0) is 67.8 Å². The van der Waals surface area contributed by atoms with Gasteiger partial charge in [0.2, 0.25) is 0 Å². The highest BCUT2D eigenvalue weighted by atomic mass is 79.9. The molecule has 0 unspecified atom stereocenters. The Bertz CT molecular complexity index is 1280. The van der Waals surface area contributed by atoms with Gasteiger partial charge in [0.25, 0.3) is 5.91 Å². The first kappa shape index (κ1) is 25.4. The molecule has 0 heterocycles. The van der Waals surface area contributed by atoms with E-state index < -0.39 is 5.91 Å². The number of nitrogens with zero attached hydrogens (tertiary/aromatic N) is 1. The SMILES string of the molecule is CCOc1cc(/C=C(\C#N)C(=O)Nc2cccc(C)c2C)cc(Cl)c1OCc1ccccc1Br. The summed E-state index contributed by atoms with van der Waals surface area (Å²) in [5.41, 5.74) is 4.11. The van der Waals surface area contributed by atoms with E-state index in [0.29, 0.717) is 34.4 Å². The summed E-state index contributed by atoms with van der Waals surface area (Å²) in [6.07, 6.45) is 1.48. The lowest BCUT2D eigenvalue weighted by atomic mass is 10.1. The summed E-state index contributed by atoms with van der Waals surface area (Å²) in [4.78, 5) is 12.8. The lowest BCUT2D eigenvalue weighted by Gasteiger charge is -2.15. The van der Waals surface area contributed by atoms with Crippen molar-refractivity contribution >= 4 is 45.2 Å². The van der Waals surface area contributed by atoms with Crippen molar-refractivity contribution in [1.29, 1.82) is 5.26 Å². The standard InChI is InChI=1S/C27H24BrClN2O3/c1-4-33-25-14-19(13-23(29)26(25)34-16-20-9-5-6-10-22(20)28)12-21(15-30)27(32)31-24-11-7-8-17(2)18(24)3/h5-14H,4,16H2,1-3H3,(H,31,32)/b21-12+. The molecule has 5 nitrogen and oxygen atoms in total. The largest absolute Gasteiger partial charge is 0.490 e. The molecule has 34 heavy (non-hydrogen) atoms. The third kappa shape index (κ3) is 6.19. The summed E-state index contributed by atoms with van der Waals surface area (Å²) in [6, 6.07) is 18.7. The molecular formula is C27H24BrClN2O3. The molecule has 0 spiro atoms. The van der Waals surface area contributed by atoms with Crippen molar-refractivity contribution < 1.29 is 14.3 Å². The minimum Gasteiger partial charge on any atom is -0.490 e. The Morgan fingerprint density at radius 3 is 2.62 bits per heavy atom. The number of carbonyl (C=O) groups excluding carboxylic acids is 1. The number of hydrogen-bond donors (Lipinski definition) is 1. The van der Waals surface area contributed by atoms with Gasteiger partial charge in [0.05, 0.1) is 11.6 Å². The maximum atomic E-state index is 12.8. The molecule has 0 bridgehead atoms. The molecule has 0 aromatic heterocycles. The molecule has 0 aliphatic carbocycles. The smallest absolute Gasteiger partial charge is 0.266 e. The number of carbonyl (C=O) groups is 1. The van der Waals surface area contributed by atoms with Gasteiger partial charge in [-0.3, -0.25) is 4.79 Å². The molecule has 174 valence electrons. The minimum atomic E-state index is -0.500. The van der Waals surface area contributed by atoms with Gasteiger partial charge in [0.15, 0.2) is 11.5 Å². The van der Waals surface area contributed by atoms with E-state index in [2.05, 4.69) is 21.2 Å². The van der Waals surface area contributed by atoms with Crippen LogP contribution < -0.4 is 14.8 Å². The van der Waals surface area contributed by atoms with Crippen LogP contribution in [-0.2, 0) is 11.4 Å². The highest BCUT2D eigenvalue weighted by Gasteiger charge is 2.16. The summed E-state index contributed by atoms with van der Waals surface area (Å²) < 4.78 is 12.6. The third-order valence-electron chi connectivity index (χ3n) is 5.19. The van der Waals surface area contributed by atoms with E-state index in [1.54, 1.807) is 18.2 Å². The molecular weight excluding hydrogens is 516 g/mol. The zero-order valence-corrected chi connectivity index (χ0v) is 21.5. The Morgan fingerprint density at radius 1 is 1.15 bits per heavy atom. The molecule has 0 saturated carbocycles. The number of nitriles is 1. The number of hydrogen-bond acceptors (Lipinski definition) is 4. The van der Waals surface area contributed by atoms with Crippen LogP contribution in [0.4, 0.5) is 5.69 Å². The molecule has 3 aromatic rings. The predicted octanol–water partition coefficient (Wildman–Crippen LogP) is 7.24. The van der Waals surface area contributed by atoms with Crippen molar-refractivity contribution in [3.05, 3.63) is 91.9 Å². The van der Waals surface area contributed by atoms with E-state index >= 15 is 0 Å². The summed E-state index contributed by atoms with van der Waals surface area (Å²) in [6.45, 7) is 6.42. The van der Waals surface area contributed by atoms with Gasteiger partial charge in [0.1, 0.15) is 18.2 Å². The van der Waals surface area contributed by atoms with Crippen molar-refractivity contribution in [2.45, 2.75) is 27.4 Å². The molecule has 3 aromatic carbocycles. The lowest BCUT2D eigenvalue weighted by molar-refractivity contribution is -0.112. The maximum Gasteiger partial charge on any atom is 0.266 e.